The Labute approximate surface area is 91.7 Å². The van der Waals surface area contributed by atoms with Gasteiger partial charge in [0, 0.05) is 11.9 Å². The molecule has 1 aromatic rings. The predicted octanol–water partition coefficient (Wildman–Crippen LogP) is 1.83. The SMILES string of the molecule is OCCOCCSSc1ccccn1. The Morgan fingerprint density at radius 2 is 2.29 bits per heavy atom. The molecule has 14 heavy (non-hydrogen) atoms. The van der Waals surface area contributed by atoms with Gasteiger partial charge in [-0.15, -0.1) is 0 Å². The zero-order chi connectivity index (χ0) is 10.1. The molecule has 0 saturated heterocycles. The van der Waals surface area contributed by atoms with Gasteiger partial charge < -0.3 is 9.84 Å². The predicted molar refractivity (Wildman–Crippen MR) is 60.5 cm³/mol. The van der Waals surface area contributed by atoms with Crippen molar-refractivity contribution >= 4 is 21.6 Å². The number of aromatic nitrogens is 1. The number of rotatable bonds is 7. The summed E-state index contributed by atoms with van der Waals surface area (Å²) < 4.78 is 5.12. The van der Waals surface area contributed by atoms with Crippen molar-refractivity contribution in [1.29, 1.82) is 0 Å². The highest BCUT2D eigenvalue weighted by atomic mass is 33.1. The minimum atomic E-state index is 0.0953. The Morgan fingerprint density at radius 3 is 3.00 bits per heavy atom. The van der Waals surface area contributed by atoms with E-state index in [1.54, 1.807) is 27.8 Å². The molecule has 1 aromatic heterocycles. The van der Waals surface area contributed by atoms with Crippen molar-refractivity contribution in [2.75, 3.05) is 25.6 Å². The van der Waals surface area contributed by atoms with Crippen molar-refractivity contribution in [3.63, 3.8) is 0 Å². The average molecular weight is 231 g/mol. The number of hydrogen-bond donors (Lipinski definition) is 1. The first-order valence-electron chi connectivity index (χ1n) is 4.32. The second-order valence-electron chi connectivity index (χ2n) is 2.41. The summed E-state index contributed by atoms with van der Waals surface area (Å²) in [6, 6.07) is 5.85. The van der Waals surface area contributed by atoms with Crippen molar-refractivity contribution in [2.24, 2.45) is 0 Å². The van der Waals surface area contributed by atoms with E-state index in [4.69, 9.17) is 9.84 Å². The highest BCUT2D eigenvalue weighted by Crippen LogP contribution is 2.28. The number of aliphatic hydroxyl groups is 1. The normalized spacial score (nSPS) is 10.4. The molecule has 0 fully saturated rings. The monoisotopic (exact) mass is 231 g/mol. The van der Waals surface area contributed by atoms with Gasteiger partial charge in [0.2, 0.25) is 0 Å². The lowest BCUT2D eigenvalue weighted by molar-refractivity contribution is 0.103. The number of ether oxygens (including phenoxy) is 1. The van der Waals surface area contributed by atoms with E-state index in [0.29, 0.717) is 13.2 Å². The van der Waals surface area contributed by atoms with E-state index in [1.165, 1.54) is 0 Å². The van der Waals surface area contributed by atoms with Gasteiger partial charge in [-0.25, -0.2) is 4.98 Å². The summed E-state index contributed by atoms with van der Waals surface area (Å²) >= 11 is 0. The molecule has 0 atom stereocenters. The molecule has 1 heterocycles. The zero-order valence-electron chi connectivity index (χ0n) is 7.76. The van der Waals surface area contributed by atoms with Gasteiger partial charge in [0.1, 0.15) is 5.03 Å². The third-order valence-corrected chi connectivity index (χ3v) is 3.56. The van der Waals surface area contributed by atoms with Crippen LogP contribution >= 0.6 is 21.6 Å². The molecule has 3 nitrogen and oxygen atoms in total. The van der Waals surface area contributed by atoms with E-state index in [9.17, 15) is 0 Å². The Hall–Kier alpha value is -0.230. The van der Waals surface area contributed by atoms with Gasteiger partial charge in [0.15, 0.2) is 0 Å². The summed E-state index contributed by atoms with van der Waals surface area (Å²) in [6.07, 6.45) is 1.78. The van der Waals surface area contributed by atoms with Crippen molar-refractivity contribution in [3.8, 4) is 0 Å². The molecule has 0 aromatic carbocycles. The molecular formula is C9H13NO2S2. The summed E-state index contributed by atoms with van der Waals surface area (Å²) in [5, 5.41) is 9.47. The lowest BCUT2D eigenvalue weighted by Crippen LogP contribution is -2.01. The fourth-order valence-electron chi connectivity index (χ4n) is 0.758. The molecule has 0 amide bonds. The summed E-state index contributed by atoms with van der Waals surface area (Å²) in [5.74, 6) is 0.904. The smallest absolute Gasteiger partial charge is 0.106 e. The van der Waals surface area contributed by atoms with E-state index in [1.807, 2.05) is 18.2 Å². The van der Waals surface area contributed by atoms with Crippen molar-refractivity contribution in [1.82, 2.24) is 4.98 Å². The highest BCUT2D eigenvalue weighted by Gasteiger charge is 1.94. The molecule has 1 rings (SSSR count). The molecule has 0 saturated carbocycles. The van der Waals surface area contributed by atoms with Crippen LogP contribution in [-0.2, 0) is 4.74 Å². The molecule has 5 heteroatoms. The Morgan fingerprint density at radius 1 is 1.36 bits per heavy atom. The van der Waals surface area contributed by atoms with E-state index in [-0.39, 0.29) is 6.61 Å². The second kappa shape index (κ2) is 8.11. The molecule has 0 radical (unpaired) electrons. The van der Waals surface area contributed by atoms with Gasteiger partial charge in [-0.1, -0.05) is 16.9 Å². The quantitative estimate of drug-likeness (QED) is 0.573. The maximum absolute atomic E-state index is 8.45. The summed E-state index contributed by atoms with van der Waals surface area (Å²) in [6.45, 7) is 1.19. The molecule has 0 unspecified atom stereocenters. The molecule has 78 valence electrons. The lowest BCUT2D eigenvalue weighted by atomic mass is 10.5. The van der Waals surface area contributed by atoms with Crippen molar-refractivity contribution < 1.29 is 9.84 Å². The van der Waals surface area contributed by atoms with Crippen LogP contribution < -0.4 is 0 Å². The van der Waals surface area contributed by atoms with Gasteiger partial charge in [-0.05, 0) is 22.9 Å². The van der Waals surface area contributed by atoms with Crippen LogP contribution in [0.1, 0.15) is 0 Å². The van der Waals surface area contributed by atoms with Crippen LogP contribution in [-0.4, -0.2) is 35.7 Å². The second-order valence-corrected chi connectivity index (χ2v) is 4.85. The first kappa shape index (κ1) is 11.8. The van der Waals surface area contributed by atoms with Gasteiger partial charge >= 0.3 is 0 Å². The number of aliphatic hydroxyl groups excluding tert-OH is 1. The largest absolute Gasteiger partial charge is 0.394 e. The first-order chi connectivity index (χ1) is 6.93. The Bertz CT molecular complexity index is 234. The zero-order valence-corrected chi connectivity index (χ0v) is 9.39. The molecule has 0 aliphatic heterocycles. The summed E-state index contributed by atoms with van der Waals surface area (Å²) in [7, 11) is 3.35. The van der Waals surface area contributed by atoms with E-state index in [2.05, 4.69) is 4.98 Å². The van der Waals surface area contributed by atoms with Gasteiger partial charge in [-0.3, -0.25) is 0 Å². The minimum Gasteiger partial charge on any atom is -0.394 e. The maximum Gasteiger partial charge on any atom is 0.106 e. The highest BCUT2D eigenvalue weighted by molar-refractivity contribution is 8.76. The maximum atomic E-state index is 8.45. The Balaban J connectivity index is 1.99. The average Bonchev–Trinajstić information content (AvgIpc) is 2.25. The third kappa shape index (κ3) is 5.49. The van der Waals surface area contributed by atoms with Crippen LogP contribution in [0.25, 0.3) is 0 Å². The summed E-state index contributed by atoms with van der Waals surface area (Å²) in [4.78, 5) is 4.17. The van der Waals surface area contributed by atoms with Gasteiger partial charge in [0.25, 0.3) is 0 Å². The van der Waals surface area contributed by atoms with E-state index >= 15 is 0 Å². The number of pyridine rings is 1. The molecule has 1 N–H and O–H groups in total. The van der Waals surface area contributed by atoms with Crippen LogP contribution in [0.3, 0.4) is 0 Å². The molecule has 0 aliphatic rings. The lowest BCUT2D eigenvalue weighted by Gasteiger charge is -2.01. The molecule has 0 aliphatic carbocycles. The van der Waals surface area contributed by atoms with E-state index < -0.39 is 0 Å². The number of hydrogen-bond acceptors (Lipinski definition) is 5. The van der Waals surface area contributed by atoms with Gasteiger partial charge in [-0.2, -0.15) is 0 Å². The molecule has 0 spiro atoms. The van der Waals surface area contributed by atoms with E-state index in [0.717, 1.165) is 10.8 Å². The first-order valence-corrected chi connectivity index (χ1v) is 6.64. The number of nitrogens with zero attached hydrogens (tertiary/aromatic N) is 1. The fraction of sp³-hybridized carbons (Fsp3) is 0.444. The van der Waals surface area contributed by atoms with Crippen LogP contribution in [0, 0.1) is 0 Å². The topological polar surface area (TPSA) is 42.4 Å². The molecule has 0 bridgehead atoms. The Kier molecular flexibility index (Phi) is 6.86. The summed E-state index contributed by atoms with van der Waals surface area (Å²) in [5.41, 5.74) is 0. The standard InChI is InChI=1S/C9H13NO2S2/c11-5-6-12-7-8-13-14-9-3-1-2-4-10-9/h1-4,11H,5-8H2. The van der Waals surface area contributed by atoms with Gasteiger partial charge in [0.05, 0.1) is 19.8 Å². The van der Waals surface area contributed by atoms with Crippen LogP contribution in [0.2, 0.25) is 0 Å². The third-order valence-electron chi connectivity index (χ3n) is 1.33. The fourth-order valence-corrected chi connectivity index (χ4v) is 2.50. The minimum absolute atomic E-state index is 0.0953. The van der Waals surface area contributed by atoms with Crippen LogP contribution in [0.4, 0.5) is 0 Å². The molecular weight excluding hydrogens is 218 g/mol. The van der Waals surface area contributed by atoms with Crippen LogP contribution in [0.5, 0.6) is 0 Å². The van der Waals surface area contributed by atoms with Crippen LogP contribution in [0.15, 0.2) is 29.4 Å². The van der Waals surface area contributed by atoms with Crippen molar-refractivity contribution in [3.05, 3.63) is 24.4 Å². The van der Waals surface area contributed by atoms with Crippen molar-refractivity contribution in [2.45, 2.75) is 5.03 Å².